The van der Waals surface area contributed by atoms with Crippen molar-refractivity contribution in [3.63, 3.8) is 0 Å². The number of nitrogens with one attached hydrogen (secondary N) is 1. The van der Waals surface area contributed by atoms with E-state index in [0.29, 0.717) is 40.7 Å². The zero-order valence-corrected chi connectivity index (χ0v) is 17.3. The molecule has 2 aromatic carbocycles. The summed E-state index contributed by atoms with van der Waals surface area (Å²) in [6.07, 6.45) is 4.01. The molecule has 4 rings (SSSR count). The highest BCUT2D eigenvalue weighted by atomic mass is 16.5. The average Bonchev–Trinajstić information content (AvgIpc) is 2.78. The maximum Gasteiger partial charge on any atom is 0.263 e. The molecule has 2 aromatic rings. The molecule has 2 aliphatic heterocycles. The summed E-state index contributed by atoms with van der Waals surface area (Å²) in [7, 11) is 3.00. The Labute approximate surface area is 175 Å². The van der Waals surface area contributed by atoms with Crippen LogP contribution in [-0.2, 0) is 0 Å². The molecule has 0 saturated carbocycles. The van der Waals surface area contributed by atoms with Gasteiger partial charge in [0.2, 0.25) is 0 Å². The number of benzene rings is 2. The van der Waals surface area contributed by atoms with Gasteiger partial charge in [0.05, 0.1) is 26.4 Å². The fraction of sp³-hybridized carbons (Fsp3) is 0.391. The number of rotatable bonds is 4. The Morgan fingerprint density at radius 1 is 1.10 bits per heavy atom. The molecule has 7 heteroatoms. The highest BCUT2D eigenvalue weighted by Gasteiger charge is 2.31. The molecule has 2 amide bonds. The van der Waals surface area contributed by atoms with Crippen LogP contribution in [0.4, 0.5) is 5.69 Å². The van der Waals surface area contributed by atoms with Gasteiger partial charge in [-0.2, -0.15) is 0 Å². The van der Waals surface area contributed by atoms with Crippen molar-refractivity contribution in [1.82, 2.24) is 4.90 Å². The topological polar surface area (TPSA) is 77.1 Å². The molecule has 0 aliphatic carbocycles. The zero-order chi connectivity index (χ0) is 21.1. The lowest BCUT2D eigenvalue weighted by Crippen LogP contribution is -2.45. The highest BCUT2D eigenvalue weighted by Crippen LogP contribution is 2.32. The largest absolute Gasteiger partial charge is 0.496 e. The first-order valence-corrected chi connectivity index (χ1v) is 10.2. The van der Waals surface area contributed by atoms with Crippen molar-refractivity contribution < 1.29 is 23.8 Å². The quantitative estimate of drug-likeness (QED) is 0.831. The molecule has 0 bridgehead atoms. The Bertz CT molecular complexity index is 936. The van der Waals surface area contributed by atoms with Gasteiger partial charge in [-0.05, 0) is 49.6 Å². The van der Waals surface area contributed by atoms with Gasteiger partial charge >= 0.3 is 0 Å². The van der Waals surface area contributed by atoms with Crippen LogP contribution in [0.1, 0.15) is 46.4 Å². The van der Waals surface area contributed by atoms with E-state index in [4.69, 9.17) is 14.2 Å². The second-order valence-corrected chi connectivity index (χ2v) is 7.49. The highest BCUT2D eigenvalue weighted by molar-refractivity contribution is 6.09. The molecule has 0 radical (unpaired) electrons. The smallest absolute Gasteiger partial charge is 0.263 e. The number of nitrogens with zero attached hydrogens (tertiary/aromatic N) is 1. The molecule has 30 heavy (non-hydrogen) atoms. The third kappa shape index (κ3) is 3.79. The molecule has 1 fully saturated rings. The van der Waals surface area contributed by atoms with E-state index in [1.807, 2.05) is 4.90 Å². The number of fused-ring (bicyclic) bond motifs is 2. The summed E-state index contributed by atoms with van der Waals surface area (Å²) in [5.74, 6) is 0.957. The number of anilines is 1. The van der Waals surface area contributed by atoms with Crippen LogP contribution in [0.5, 0.6) is 17.2 Å². The number of methoxy groups -OCH3 is 2. The molecule has 1 unspecified atom stereocenters. The van der Waals surface area contributed by atoms with E-state index in [-0.39, 0.29) is 17.9 Å². The summed E-state index contributed by atoms with van der Waals surface area (Å²) < 4.78 is 16.5. The van der Waals surface area contributed by atoms with E-state index in [2.05, 4.69) is 5.32 Å². The van der Waals surface area contributed by atoms with Gasteiger partial charge < -0.3 is 24.4 Å². The predicted molar refractivity (Wildman–Crippen MR) is 113 cm³/mol. The molecular weight excluding hydrogens is 384 g/mol. The zero-order valence-electron chi connectivity index (χ0n) is 17.3. The Hall–Kier alpha value is -3.22. The van der Waals surface area contributed by atoms with Crippen LogP contribution in [0.2, 0.25) is 0 Å². The van der Waals surface area contributed by atoms with Crippen molar-refractivity contribution >= 4 is 17.5 Å². The Kier molecular flexibility index (Phi) is 5.79. The van der Waals surface area contributed by atoms with Gasteiger partial charge in [-0.15, -0.1) is 0 Å². The van der Waals surface area contributed by atoms with E-state index >= 15 is 0 Å². The minimum atomic E-state index is -0.376. The number of ether oxygens (including phenoxy) is 3. The van der Waals surface area contributed by atoms with Crippen LogP contribution in [0.25, 0.3) is 0 Å². The Morgan fingerprint density at radius 2 is 1.87 bits per heavy atom. The average molecular weight is 410 g/mol. The number of piperidine rings is 1. The van der Waals surface area contributed by atoms with Crippen LogP contribution >= 0.6 is 0 Å². The van der Waals surface area contributed by atoms with Crippen LogP contribution in [0, 0.1) is 0 Å². The van der Waals surface area contributed by atoms with Gasteiger partial charge in [0, 0.05) is 24.7 Å². The third-order valence-corrected chi connectivity index (χ3v) is 5.72. The molecular formula is C23H26N2O5. The fourth-order valence-corrected chi connectivity index (χ4v) is 4.20. The van der Waals surface area contributed by atoms with Gasteiger partial charge in [-0.25, -0.2) is 0 Å². The summed E-state index contributed by atoms with van der Waals surface area (Å²) in [5, 5.41) is 2.86. The lowest BCUT2D eigenvalue weighted by Gasteiger charge is -2.37. The SMILES string of the molecule is COc1cccc(OC)c1C(=O)Nc1ccc2c(c1)C(=O)N1CCCCC1CCO2. The summed E-state index contributed by atoms with van der Waals surface area (Å²) >= 11 is 0. The van der Waals surface area contributed by atoms with Crippen molar-refractivity contribution in [3.8, 4) is 17.2 Å². The Morgan fingerprint density at radius 3 is 2.60 bits per heavy atom. The predicted octanol–water partition coefficient (Wildman–Crippen LogP) is 3.73. The lowest BCUT2D eigenvalue weighted by molar-refractivity contribution is 0.0548. The van der Waals surface area contributed by atoms with E-state index in [1.54, 1.807) is 36.4 Å². The van der Waals surface area contributed by atoms with E-state index in [1.165, 1.54) is 14.2 Å². The number of hydrogen-bond acceptors (Lipinski definition) is 5. The number of hydrogen-bond donors (Lipinski definition) is 1. The first-order valence-electron chi connectivity index (χ1n) is 10.2. The maximum absolute atomic E-state index is 13.2. The van der Waals surface area contributed by atoms with E-state index in [0.717, 1.165) is 32.2 Å². The van der Waals surface area contributed by atoms with Gasteiger partial charge in [-0.1, -0.05) is 6.07 Å². The molecule has 2 aliphatic rings. The van der Waals surface area contributed by atoms with Crippen molar-refractivity contribution in [2.75, 3.05) is 32.7 Å². The standard InChI is InChI=1S/C23H26N2O5/c1-28-19-7-5-8-20(29-2)21(19)22(26)24-15-9-10-18-17(14-15)23(27)25-12-4-3-6-16(25)11-13-30-18/h5,7-10,14,16H,3-4,6,11-13H2,1-2H3,(H,24,26). The van der Waals surface area contributed by atoms with Gasteiger partial charge in [0.25, 0.3) is 11.8 Å². The number of carbonyl (C=O) groups is 2. The van der Waals surface area contributed by atoms with Gasteiger partial charge in [-0.3, -0.25) is 9.59 Å². The fourth-order valence-electron chi connectivity index (χ4n) is 4.20. The molecule has 0 aromatic heterocycles. The summed E-state index contributed by atoms with van der Waals surface area (Å²) in [6.45, 7) is 1.34. The summed E-state index contributed by atoms with van der Waals surface area (Å²) in [5.41, 5.74) is 1.29. The van der Waals surface area contributed by atoms with Crippen LogP contribution in [0.3, 0.4) is 0 Å². The second-order valence-electron chi connectivity index (χ2n) is 7.49. The van der Waals surface area contributed by atoms with Crippen molar-refractivity contribution in [1.29, 1.82) is 0 Å². The minimum Gasteiger partial charge on any atom is -0.496 e. The monoisotopic (exact) mass is 410 g/mol. The molecule has 0 spiro atoms. The van der Waals surface area contributed by atoms with Crippen molar-refractivity contribution in [3.05, 3.63) is 47.5 Å². The van der Waals surface area contributed by atoms with Crippen LogP contribution < -0.4 is 19.5 Å². The first kappa shape index (κ1) is 20.1. The van der Waals surface area contributed by atoms with Crippen LogP contribution in [-0.4, -0.2) is 50.1 Å². The van der Waals surface area contributed by atoms with E-state index in [9.17, 15) is 9.59 Å². The lowest BCUT2D eigenvalue weighted by atomic mass is 9.97. The molecule has 158 valence electrons. The maximum atomic E-state index is 13.2. The summed E-state index contributed by atoms with van der Waals surface area (Å²) in [6, 6.07) is 10.5. The number of carbonyl (C=O) groups excluding carboxylic acids is 2. The van der Waals surface area contributed by atoms with Gasteiger partial charge in [0.15, 0.2) is 0 Å². The second kappa shape index (κ2) is 8.65. The number of amides is 2. The van der Waals surface area contributed by atoms with Crippen LogP contribution in [0.15, 0.2) is 36.4 Å². The normalized spacial score (nSPS) is 18.3. The molecule has 1 atom stereocenters. The third-order valence-electron chi connectivity index (χ3n) is 5.72. The first-order chi connectivity index (χ1) is 14.6. The molecule has 1 N–H and O–H groups in total. The Balaban J connectivity index is 1.63. The molecule has 2 heterocycles. The molecule has 1 saturated heterocycles. The van der Waals surface area contributed by atoms with E-state index < -0.39 is 0 Å². The minimum absolute atomic E-state index is 0.0413. The van der Waals surface area contributed by atoms with Crippen molar-refractivity contribution in [2.24, 2.45) is 0 Å². The summed E-state index contributed by atoms with van der Waals surface area (Å²) in [4.78, 5) is 28.2. The molecule has 7 nitrogen and oxygen atoms in total. The van der Waals surface area contributed by atoms with Gasteiger partial charge in [0.1, 0.15) is 22.8 Å². The van der Waals surface area contributed by atoms with Crippen molar-refractivity contribution in [2.45, 2.75) is 31.7 Å².